The van der Waals surface area contributed by atoms with Gasteiger partial charge in [-0.05, 0) is 42.3 Å². The summed E-state index contributed by atoms with van der Waals surface area (Å²) >= 11 is 6.30. The second-order valence-electron chi connectivity index (χ2n) is 5.50. The second-order valence-corrected chi connectivity index (χ2v) is 5.91. The number of aliphatic hydroxyl groups is 1. The van der Waals surface area contributed by atoms with Gasteiger partial charge in [0, 0.05) is 13.1 Å². The molecule has 0 spiro atoms. The van der Waals surface area contributed by atoms with Crippen LogP contribution in [0.1, 0.15) is 18.1 Å². The minimum Gasteiger partial charge on any atom is -0.493 e. The predicted octanol–water partition coefficient (Wildman–Crippen LogP) is 3.96. The average molecular weight is 390 g/mol. The molecule has 25 heavy (non-hydrogen) atoms. The highest BCUT2D eigenvalue weighted by atomic mass is 35.5. The molecule has 1 atom stereocenters. The summed E-state index contributed by atoms with van der Waals surface area (Å²) < 4.78 is 24.0. The molecule has 0 radical (unpaired) electrons. The summed E-state index contributed by atoms with van der Waals surface area (Å²) in [4.78, 5) is 0. The van der Waals surface area contributed by atoms with Crippen LogP contribution in [0.25, 0.3) is 0 Å². The molecule has 0 aliphatic carbocycles. The lowest BCUT2D eigenvalue weighted by Gasteiger charge is -2.15. The summed E-state index contributed by atoms with van der Waals surface area (Å²) in [5.41, 5.74) is 1.75. The van der Waals surface area contributed by atoms with Gasteiger partial charge in [0.05, 0.1) is 18.2 Å². The fourth-order valence-corrected chi connectivity index (χ4v) is 2.46. The molecule has 0 heterocycles. The Balaban J connectivity index is 0.00000312. The molecule has 2 aromatic carbocycles. The number of rotatable bonds is 8. The Hall–Kier alpha value is -1.53. The molecule has 0 saturated heterocycles. The predicted molar refractivity (Wildman–Crippen MR) is 99.4 cm³/mol. The summed E-state index contributed by atoms with van der Waals surface area (Å²) in [6.07, 6.45) is -0.416. The Morgan fingerprint density at radius 3 is 2.48 bits per heavy atom. The Bertz CT molecular complexity index is 666. The number of aliphatic hydroxyl groups excluding tert-OH is 1. The van der Waals surface area contributed by atoms with E-state index < -0.39 is 6.10 Å². The van der Waals surface area contributed by atoms with Gasteiger partial charge < -0.3 is 19.9 Å². The van der Waals surface area contributed by atoms with E-state index in [1.54, 1.807) is 32.2 Å². The summed E-state index contributed by atoms with van der Waals surface area (Å²) in [7, 11) is 1.55. The molecule has 0 amide bonds. The minimum atomic E-state index is -0.416. The first kappa shape index (κ1) is 21.5. The van der Waals surface area contributed by atoms with Gasteiger partial charge in [-0.3, -0.25) is 0 Å². The highest BCUT2D eigenvalue weighted by Gasteiger charge is 2.12. The Kier molecular flexibility index (Phi) is 9.00. The maximum atomic E-state index is 12.9. The van der Waals surface area contributed by atoms with Gasteiger partial charge in [0.15, 0.2) is 11.5 Å². The van der Waals surface area contributed by atoms with Crippen molar-refractivity contribution < 1.29 is 19.0 Å². The number of methoxy groups -OCH3 is 1. The van der Waals surface area contributed by atoms with Gasteiger partial charge in [-0.2, -0.15) is 0 Å². The van der Waals surface area contributed by atoms with Crippen molar-refractivity contribution in [1.82, 2.24) is 5.32 Å². The van der Waals surface area contributed by atoms with Crippen LogP contribution in [0.15, 0.2) is 36.4 Å². The van der Waals surface area contributed by atoms with Crippen LogP contribution < -0.4 is 14.8 Å². The van der Waals surface area contributed by atoms with Gasteiger partial charge in [-0.1, -0.05) is 23.7 Å². The zero-order chi connectivity index (χ0) is 17.5. The number of ether oxygens (including phenoxy) is 2. The van der Waals surface area contributed by atoms with Crippen LogP contribution >= 0.6 is 24.0 Å². The van der Waals surface area contributed by atoms with Crippen molar-refractivity contribution in [2.45, 2.75) is 26.2 Å². The molecule has 2 aromatic rings. The van der Waals surface area contributed by atoms with Gasteiger partial charge in [0.1, 0.15) is 12.4 Å². The van der Waals surface area contributed by atoms with Gasteiger partial charge in [-0.25, -0.2) is 4.39 Å². The topological polar surface area (TPSA) is 50.7 Å². The first-order chi connectivity index (χ1) is 11.5. The molecule has 2 rings (SSSR count). The van der Waals surface area contributed by atoms with Crippen LogP contribution in [0.2, 0.25) is 5.02 Å². The number of nitrogens with one attached hydrogen (secondary N) is 1. The number of hydrogen-bond donors (Lipinski definition) is 2. The average Bonchev–Trinajstić information content (AvgIpc) is 2.54. The molecule has 0 aromatic heterocycles. The normalized spacial score (nSPS) is 11.6. The van der Waals surface area contributed by atoms with Crippen LogP contribution in [0.4, 0.5) is 4.39 Å². The first-order valence-electron chi connectivity index (χ1n) is 7.62. The Morgan fingerprint density at radius 2 is 1.88 bits per heavy atom. The summed E-state index contributed by atoms with van der Waals surface area (Å²) in [6, 6.07) is 9.71. The highest BCUT2D eigenvalue weighted by Crippen LogP contribution is 2.37. The molecule has 0 saturated carbocycles. The van der Waals surface area contributed by atoms with Crippen molar-refractivity contribution >= 4 is 24.0 Å². The number of hydrogen-bond acceptors (Lipinski definition) is 4. The molecule has 4 nitrogen and oxygen atoms in total. The van der Waals surface area contributed by atoms with Crippen LogP contribution in [-0.2, 0) is 13.2 Å². The summed E-state index contributed by atoms with van der Waals surface area (Å²) in [5.74, 6) is 0.685. The lowest BCUT2D eigenvalue weighted by molar-refractivity contribution is 0.191. The van der Waals surface area contributed by atoms with E-state index in [1.807, 2.05) is 6.07 Å². The highest BCUT2D eigenvalue weighted by molar-refractivity contribution is 6.32. The van der Waals surface area contributed by atoms with E-state index in [-0.39, 0.29) is 24.8 Å². The molecule has 2 N–H and O–H groups in total. The van der Waals surface area contributed by atoms with E-state index in [9.17, 15) is 9.50 Å². The van der Waals surface area contributed by atoms with Crippen molar-refractivity contribution in [3.05, 3.63) is 58.4 Å². The largest absolute Gasteiger partial charge is 0.493 e. The Labute approximate surface area is 158 Å². The van der Waals surface area contributed by atoms with Gasteiger partial charge >= 0.3 is 0 Å². The van der Waals surface area contributed by atoms with E-state index in [0.29, 0.717) is 29.6 Å². The van der Waals surface area contributed by atoms with E-state index in [2.05, 4.69) is 5.32 Å². The SMILES string of the molecule is COc1cc(CNCC(C)O)cc(Cl)c1OCc1ccc(F)cc1.Cl. The summed E-state index contributed by atoms with van der Waals surface area (Å²) in [5, 5.41) is 12.8. The van der Waals surface area contributed by atoms with Crippen LogP contribution in [0, 0.1) is 5.82 Å². The van der Waals surface area contributed by atoms with Gasteiger partial charge in [0.2, 0.25) is 0 Å². The quantitative estimate of drug-likeness (QED) is 0.717. The van der Waals surface area contributed by atoms with Crippen LogP contribution in [-0.4, -0.2) is 24.9 Å². The molecule has 0 aliphatic rings. The fraction of sp³-hybridized carbons (Fsp3) is 0.333. The van der Waals surface area contributed by atoms with Crippen molar-refractivity contribution in [3.8, 4) is 11.5 Å². The van der Waals surface area contributed by atoms with E-state index >= 15 is 0 Å². The van der Waals surface area contributed by atoms with Crippen molar-refractivity contribution in [2.75, 3.05) is 13.7 Å². The maximum absolute atomic E-state index is 12.9. The number of halogens is 3. The monoisotopic (exact) mass is 389 g/mol. The van der Waals surface area contributed by atoms with E-state index in [0.717, 1.165) is 11.1 Å². The maximum Gasteiger partial charge on any atom is 0.180 e. The minimum absolute atomic E-state index is 0. The van der Waals surface area contributed by atoms with Crippen molar-refractivity contribution in [3.63, 3.8) is 0 Å². The van der Waals surface area contributed by atoms with Crippen molar-refractivity contribution in [2.24, 2.45) is 0 Å². The smallest absolute Gasteiger partial charge is 0.180 e. The van der Waals surface area contributed by atoms with Crippen molar-refractivity contribution in [1.29, 1.82) is 0 Å². The molecule has 0 fully saturated rings. The zero-order valence-corrected chi connectivity index (χ0v) is 15.7. The van der Waals surface area contributed by atoms with Crippen LogP contribution in [0.3, 0.4) is 0 Å². The molecule has 138 valence electrons. The molecule has 0 bridgehead atoms. The molecule has 7 heteroatoms. The molecular formula is C18H22Cl2FNO3. The van der Waals surface area contributed by atoms with Gasteiger partial charge in [-0.15, -0.1) is 12.4 Å². The second kappa shape index (κ2) is 10.5. The third-order valence-corrected chi connectivity index (χ3v) is 3.64. The fourth-order valence-electron chi connectivity index (χ4n) is 2.18. The van der Waals surface area contributed by atoms with E-state index in [1.165, 1.54) is 12.1 Å². The third-order valence-electron chi connectivity index (χ3n) is 3.35. The van der Waals surface area contributed by atoms with E-state index in [4.69, 9.17) is 21.1 Å². The van der Waals surface area contributed by atoms with Crippen LogP contribution in [0.5, 0.6) is 11.5 Å². The Morgan fingerprint density at radius 1 is 1.20 bits per heavy atom. The standard InChI is InChI=1S/C18H21ClFNO3.ClH/c1-12(22)9-21-10-14-7-16(19)18(17(8-14)23-2)24-11-13-3-5-15(20)6-4-13;/h3-8,12,21-22H,9-11H2,1-2H3;1H. The number of benzene rings is 2. The summed E-state index contributed by atoms with van der Waals surface area (Å²) in [6.45, 7) is 3.02. The molecule has 1 unspecified atom stereocenters. The molecular weight excluding hydrogens is 368 g/mol. The zero-order valence-electron chi connectivity index (χ0n) is 14.1. The third kappa shape index (κ3) is 6.71. The molecule has 0 aliphatic heterocycles. The van der Waals surface area contributed by atoms with Gasteiger partial charge in [0.25, 0.3) is 0 Å². The lowest BCUT2D eigenvalue weighted by Crippen LogP contribution is -2.23. The first-order valence-corrected chi connectivity index (χ1v) is 8.00. The lowest BCUT2D eigenvalue weighted by atomic mass is 10.2.